The summed E-state index contributed by atoms with van der Waals surface area (Å²) in [6.07, 6.45) is 0.997. The number of benzene rings is 2. The van der Waals surface area contributed by atoms with E-state index in [4.69, 9.17) is 9.47 Å². The van der Waals surface area contributed by atoms with Crippen LogP contribution in [0.5, 0.6) is 11.5 Å². The average Bonchev–Trinajstić information content (AvgIpc) is 2.65. The van der Waals surface area contributed by atoms with Crippen LogP contribution in [0.2, 0.25) is 0 Å². The van der Waals surface area contributed by atoms with Crippen molar-refractivity contribution in [3.63, 3.8) is 0 Å². The number of amides is 1. The summed E-state index contributed by atoms with van der Waals surface area (Å²) in [5.41, 5.74) is 1.91. The molecule has 134 valence electrons. The predicted molar refractivity (Wildman–Crippen MR) is 95.5 cm³/mol. The molecule has 5 heteroatoms. The van der Waals surface area contributed by atoms with E-state index in [1.165, 1.54) is 12.1 Å². The van der Waals surface area contributed by atoms with Crippen molar-refractivity contribution in [3.8, 4) is 11.5 Å². The fourth-order valence-corrected chi connectivity index (χ4v) is 2.64. The third-order valence-electron chi connectivity index (χ3n) is 4.40. The van der Waals surface area contributed by atoms with E-state index in [2.05, 4.69) is 0 Å². The zero-order valence-corrected chi connectivity index (χ0v) is 15.1. The van der Waals surface area contributed by atoms with Gasteiger partial charge in [-0.1, -0.05) is 18.2 Å². The number of aryl methyl sites for hydroxylation is 1. The van der Waals surface area contributed by atoms with Gasteiger partial charge in [0, 0.05) is 13.5 Å². The number of ether oxygens (including phenoxy) is 2. The lowest BCUT2D eigenvalue weighted by Crippen LogP contribution is -2.29. The molecule has 0 saturated carbocycles. The van der Waals surface area contributed by atoms with E-state index in [-0.39, 0.29) is 17.8 Å². The summed E-state index contributed by atoms with van der Waals surface area (Å²) in [5.74, 6) is 1.07. The quantitative estimate of drug-likeness (QED) is 0.761. The van der Waals surface area contributed by atoms with Gasteiger partial charge in [-0.15, -0.1) is 0 Å². The maximum absolute atomic E-state index is 13.0. The summed E-state index contributed by atoms with van der Waals surface area (Å²) in [7, 11) is 4.95. The summed E-state index contributed by atoms with van der Waals surface area (Å²) in [5, 5.41) is 0. The van der Waals surface area contributed by atoms with Gasteiger partial charge < -0.3 is 14.4 Å². The largest absolute Gasteiger partial charge is 0.493 e. The van der Waals surface area contributed by atoms with Gasteiger partial charge in [-0.05, 0) is 48.7 Å². The van der Waals surface area contributed by atoms with Gasteiger partial charge in [0.2, 0.25) is 5.91 Å². The van der Waals surface area contributed by atoms with Crippen LogP contribution in [0.25, 0.3) is 0 Å². The maximum atomic E-state index is 13.0. The van der Waals surface area contributed by atoms with Gasteiger partial charge in [0.1, 0.15) is 5.82 Å². The molecule has 2 aromatic carbocycles. The second-order valence-corrected chi connectivity index (χ2v) is 5.92. The Morgan fingerprint density at radius 1 is 1.08 bits per heavy atom. The Morgan fingerprint density at radius 2 is 1.72 bits per heavy atom. The maximum Gasteiger partial charge on any atom is 0.223 e. The Labute approximate surface area is 148 Å². The first-order valence-corrected chi connectivity index (χ1v) is 8.18. The molecule has 0 aliphatic rings. The Morgan fingerprint density at radius 3 is 2.32 bits per heavy atom. The molecular weight excluding hydrogens is 321 g/mol. The van der Waals surface area contributed by atoms with Crippen LogP contribution in [-0.4, -0.2) is 32.1 Å². The first-order chi connectivity index (χ1) is 12.0. The van der Waals surface area contributed by atoms with E-state index in [1.807, 2.05) is 25.1 Å². The lowest BCUT2D eigenvalue weighted by Gasteiger charge is -2.25. The zero-order chi connectivity index (χ0) is 18.4. The monoisotopic (exact) mass is 345 g/mol. The van der Waals surface area contributed by atoms with Crippen molar-refractivity contribution in [1.29, 1.82) is 0 Å². The molecule has 0 heterocycles. The van der Waals surface area contributed by atoms with Gasteiger partial charge in [-0.3, -0.25) is 4.79 Å². The molecule has 0 bridgehead atoms. The van der Waals surface area contributed by atoms with Crippen LogP contribution in [0.3, 0.4) is 0 Å². The molecule has 25 heavy (non-hydrogen) atoms. The average molecular weight is 345 g/mol. The molecule has 2 rings (SSSR count). The predicted octanol–water partition coefficient (Wildman–Crippen LogP) is 4.00. The van der Waals surface area contributed by atoms with Crippen molar-refractivity contribution >= 4 is 5.91 Å². The number of rotatable bonds is 7. The van der Waals surface area contributed by atoms with Crippen LogP contribution < -0.4 is 9.47 Å². The second kappa shape index (κ2) is 8.51. The van der Waals surface area contributed by atoms with E-state index in [0.29, 0.717) is 24.3 Å². The highest BCUT2D eigenvalue weighted by Gasteiger charge is 2.17. The molecule has 0 saturated heterocycles. The van der Waals surface area contributed by atoms with Crippen molar-refractivity contribution in [1.82, 2.24) is 4.90 Å². The molecule has 2 aromatic rings. The highest BCUT2D eigenvalue weighted by molar-refractivity contribution is 5.76. The Balaban J connectivity index is 1.98. The molecule has 0 aromatic heterocycles. The fourth-order valence-electron chi connectivity index (χ4n) is 2.64. The van der Waals surface area contributed by atoms with Gasteiger partial charge >= 0.3 is 0 Å². The summed E-state index contributed by atoms with van der Waals surface area (Å²) in [6, 6.07) is 11.8. The second-order valence-electron chi connectivity index (χ2n) is 5.92. The highest BCUT2D eigenvalue weighted by Crippen LogP contribution is 2.28. The lowest BCUT2D eigenvalue weighted by atomic mass is 10.1. The van der Waals surface area contributed by atoms with Crippen molar-refractivity contribution in [2.75, 3.05) is 21.3 Å². The normalized spacial score (nSPS) is 11.7. The van der Waals surface area contributed by atoms with Crippen molar-refractivity contribution < 1.29 is 18.7 Å². The van der Waals surface area contributed by atoms with E-state index in [1.54, 1.807) is 38.3 Å². The van der Waals surface area contributed by atoms with E-state index >= 15 is 0 Å². The van der Waals surface area contributed by atoms with E-state index in [9.17, 15) is 9.18 Å². The molecule has 0 aliphatic carbocycles. The standard InChI is InChI=1S/C20H24FNO3/c1-14(16-7-9-17(21)10-8-16)22(2)20(23)12-6-15-5-11-18(24-3)19(13-15)25-4/h5,7-11,13-14H,6,12H2,1-4H3. The van der Waals surface area contributed by atoms with Crippen molar-refractivity contribution in [3.05, 3.63) is 59.4 Å². The molecular formula is C20H24FNO3. The smallest absolute Gasteiger partial charge is 0.223 e. The minimum absolute atomic E-state index is 0.0339. The van der Waals surface area contributed by atoms with Gasteiger partial charge in [-0.2, -0.15) is 0 Å². The van der Waals surface area contributed by atoms with Crippen molar-refractivity contribution in [2.24, 2.45) is 0 Å². The number of methoxy groups -OCH3 is 2. The van der Waals surface area contributed by atoms with Gasteiger partial charge in [0.05, 0.1) is 20.3 Å². The molecule has 1 atom stereocenters. The third-order valence-corrected chi connectivity index (χ3v) is 4.40. The number of hydrogen-bond donors (Lipinski definition) is 0. The molecule has 0 radical (unpaired) electrons. The third kappa shape index (κ3) is 4.72. The molecule has 4 nitrogen and oxygen atoms in total. The van der Waals surface area contributed by atoms with Crippen LogP contribution in [0, 0.1) is 5.82 Å². The highest BCUT2D eigenvalue weighted by atomic mass is 19.1. The summed E-state index contributed by atoms with van der Waals surface area (Å²) in [4.78, 5) is 14.2. The Kier molecular flexibility index (Phi) is 6.39. The lowest BCUT2D eigenvalue weighted by molar-refractivity contribution is -0.131. The van der Waals surface area contributed by atoms with Gasteiger partial charge in [-0.25, -0.2) is 4.39 Å². The van der Waals surface area contributed by atoms with Crippen LogP contribution in [0.4, 0.5) is 4.39 Å². The number of halogens is 1. The summed E-state index contributed by atoms with van der Waals surface area (Å²) >= 11 is 0. The van der Waals surface area contributed by atoms with Crippen LogP contribution >= 0.6 is 0 Å². The SMILES string of the molecule is COc1ccc(CCC(=O)N(C)C(C)c2ccc(F)cc2)cc1OC. The molecule has 1 unspecified atom stereocenters. The van der Waals surface area contributed by atoms with Crippen LogP contribution in [-0.2, 0) is 11.2 Å². The van der Waals surface area contributed by atoms with E-state index < -0.39 is 0 Å². The number of carbonyl (C=O) groups excluding carboxylic acids is 1. The number of carbonyl (C=O) groups is 1. The zero-order valence-electron chi connectivity index (χ0n) is 15.1. The fraction of sp³-hybridized carbons (Fsp3) is 0.350. The Bertz CT molecular complexity index is 715. The van der Waals surface area contributed by atoms with Crippen LogP contribution in [0.1, 0.15) is 30.5 Å². The summed E-state index contributed by atoms with van der Waals surface area (Å²) in [6.45, 7) is 1.93. The molecule has 0 N–H and O–H groups in total. The van der Waals surface area contributed by atoms with E-state index in [0.717, 1.165) is 11.1 Å². The molecule has 0 aliphatic heterocycles. The van der Waals surface area contributed by atoms with Gasteiger partial charge in [0.15, 0.2) is 11.5 Å². The first kappa shape index (κ1) is 18.8. The van der Waals surface area contributed by atoms with Crippen LogP contribution in [0.15, 0.2) is 42.5 Å². The summed E-state index contributed by atoms with van der Waals surface area (Å²) < 4.78 is 23.5. The topological polar surface area (TPSA) is 38.8 Å². The number of hydrogen-bond acceptors (Lipinski definition) is 3. The molecule has 0 fully saturated rings. The minimum atomic E-state index is -0.279. The molecule has 1 amide bonds. The number of nitrogens with zero attached hydrogens (tertiary/aromatic N) is 1. The van der Waals surface area contributed by atoms with Crippen molar-refractivity contribution in [2.45, 2.75) is 25.8 Å². The van der Waals surface area contributed by atoms with Gasteiger partial charge in [0.25, 0.3) is 0 Å². The Hall–Kier alpha value is -2.56. The molecule has 0 spiro atoms. The minimum Gasteiger partial charge on any atom is -0.493 e. The first-order valence-electron chi connectivity index (χ1n) is 8.18.